The van der Waals surface area contributed by atoms with Gasteiger partial charge in [-0.15, -0.1) is 0 Å². The average molecular weight is 212 g/mol. The predicted octanol–water partition coefficient (Wildman–Crippen LogP) is 2.56. The summed E-state index contributed by atoms with van der Waals surface area (Å²) in [5.41, 5.74) is 2.59. The van der Waals surface area contributed by atoms with Crippen molar-refractivity contribution in [1.29, 1.82) is 0 Å². The molecule has 0 aliphatic heterocycles. The maximum Gasteiger partial charge on any atom is 0.170 e. The van der Waals surface area contributed by atoms with Gasteiger partial charge in [-0.05, 0) is 19.1 Å². The first kappa shape index (κ1) is 8.59. The third-order valence-electron chi connectivity index (χ3n) is 1.63. The molecule has 66 valence electrons. The zero-order chi connectivity index (χ0) is 9.26. The van der Waals surface area contributed by atoms with Gasteiger partial charge < -0.3 is 0 Å². The van der Waals surface area contributed by atoms with Crippen molar-refractivity contribution in [2.75, 3.05) is 0 Å². The Morgan fingerprint density at radius 1 is 1.31 bits per heavy atom. The minimum atomic E-state index is 0.440. The molecule has 0 saturated heterocycles. The molecule has 0 aromatic carbocycles. The Morgan fingerprint density at radius 2 is 2.15 bits per heavy atom. The Labute approximate surface area is 84.7 Å². The molecule has 0 N–H and O–H groups in total. The molecular weight excluding hydrogens is 206 g/mol. The standard InChI is InChI=1S/C8H6ClN3S/c1-5-2-3-6(4-10-5)7-8(9)12-13-11-7/h2-4H,1H3. The second kappa shape index (κ2) is 3.40. The fourth-order valence-electron chi connectivity index (χ4n) is 0.958. The molecule has 0 atom stereocenters. The van der Waals surface area contributed by atoms with Crippen molar-refractivity contribution in [2.45, 2.75) is 6.92 Å². The van der Waals surface area contributed by atoms with Crippen LogP contribution in [-0.2, 0) is 0 Å². The highest BCUT2D eigenvalue weighted by Gasteiger charge is 2.07. The molecule has 0 spiro atoms. The molecule has 0 bridgehead atoms. The smallest absolute Gasteiger partial charge is 0.170 e. The molecule has 2 aromatic rings. The average Bonchev–Trinajstić information content (AvgIpc) is 2.53. The summed E-state index contributed by atoms with van der Waals surface area (Å²) in [7, 11) is 0. The number of aromatic nitrogens is 3. The van der Waals surface area contributed by atoms with Crippen LogP contribution < -0.4 is 0 Å². The van der Waals surface area contributed by atoms with Crippen molar-refractivity contribution in [3.05, 3.63) is 29.2 Å². The van der Waals surface area contributed by atoms with Gasteiger partial charge in [0.25, 0.3) is 0 Å². The van der Waals surface area contributed by atoms with Gasteiger partial charge in [0, 0.05) is 17.5 Å². The number of hydrogen-bond donors (Lipinski definition) is 0. The van der Waals surface area contributed by atoms with E-state index in [2.05, 4.69) is 13.7 Å². The minimum absolute atomic E-state index is 0.440. The van der Waals surface area contributed by atoms with Crippen LogP contribution in [0.2, 0.25) is 5.15 Å². The zero-order valence-electron chi connectivity index (χ0n) is 6.86. The third kappa shape index (κ3) is 1.68. The van der Waals surface area contributed by atoms with E-state index >= 15 is 0 Å². The van der Waals surface area contributed by atoms with Gasteiger partial charge in [-0.3, -0.25) is 4.98 Å². The summed E-state index contributed by atoms with van der Waals surface area (Å²) in [6.07, 6.45) is 1.75. The van der Waals surface area contributed by atoms with Crippen LogP contribution in [0.4, 0.5) is 0 Å². The Kier molecular flexibility index (Phi) is 2.24. The molecule has 0 radical (unpaired) electrons. The van der Waals surface area contributed by atoms with Crippen LogP contribution in [0.5, 0.6) is 0 Å². The molecule has 2 rings (SSSR count). The molecule has 0 aliphatic rings. The molecule has 3 nitrogen and oxygen atoms in total. The summed E-state index contributed by atoms with van der Waals surface area (Å²) in [5, 5.41) is 0.440. The van der Waals surface area contributed by atoms with E-state index in [1.807, 2.05) is 19.1 Å². The van der Waals surface area contributed by atoms with E-state index in [1.165, 1.54) is 0 Å². The van der Waals surface area contributed by atoms with Crippen molar-refractivity contribution in [3.63, 3.8) is 0 Å². The van der Waals surface area contributed by atoms with Gasteiger partial charge in [0.05, 0.1) is 11.7 Å². The van der Waals surface area contributed by atoms with E-state index in [1.54, 1.807) is 6.20 Å². The molecule has 0 saturated carbocycles. The van der Waals surface area contributed by atoms with Gasteiger partial charge in [-0.25, -0.2) is 0 Å². The lowest BCUT2D eigenvalue weighted by atomic mass is 10.2. The van der Waals surface area contributed by atoms with E-state index < -0.39 is 0 Å². The second-order valence-corrected chi connectivity index (χ2v) is 3.48. The van der Waals surface area contributed by atoms with E-state index in [-0.39, 0.29) is 0 Å². The molecule has 0 fully saturated rings. The number of rotatable bonds is 1. The van der Waals surface area contributed by atoms with Crippen LogP contribution in [0.3, 0.4) is 0 Å². The van der Waals surface area contributed by atoms with Crippen LogP contribution in [-0.4, -0.2) is 13.7 Å². The van der Waals surface area contributed by atoms with E-state index in [0.717, 1.165) is 23.0 Å². The van der Waals surface area contributed by atoms with Gasteiger partial charge in [-0.2, -0.15) is 8.75 Å². The lowest BCUT2D eigenvalue weighted by Crippen LogP contribution is -1.83. The molecular formula is C8H6ClN3S. The molecule has 2 aromatic heterocycles. The highest BCUT2D eigenvalue weighted by molar-refractivity contribution is 6.99. The van der Waals surface area contributed by atoms with Crippen molar-refractivity contribution in [3.8, 4) is 11.3 Å². The maximum absolute atomic E-state index is 5.82. The van der Waals surface area contributed by atoms with Gasteiger partial charge in [0.2, 0.25) is 0 Å². The van der Waals surface area contributed by atoms with Gasteiger partial charge >= 0.3 is 0 Å². The predicted molar refractivity (Wildman–Crippen MR) is 52.9 cm³/mol. The van der Waals surface area contributed by atoms with Crippen LogP contribution in [0.25, 0.3) is 11.3 Å². The molecule has 2 heterocycles. The second-order valence-electron chi connectivity index (χ2n) is 2.59. The fourth-order valence-corrected chi connectivity index (χ4v) is 1.72. The van der Waals surface area contributed by atoms with Crippen LogP contribution in [0, 0.1) is 6.92 Å². The lowest BCUT2D eigenvalue weighted by molar-refractivity contribution is 1.20. The lowest BCUT2D eigenvalue weighted by Gasteiger charge is -1.95. The first-order valence-corrected chi connectivity index (χ1v) is 4.79. The quantitative estimate of drug-likeness (QED) is 0.728. The van der Waals surface area contributed by atoms with Crippen LogP contribution in [0.1, 0.15) is 5.69 Å². The minimum Gasteiger partial charge on any atom is -0.261 e. The number of hydrogen-bond acceptors (Lipinski definition) is 4. The molecule has 0 unspecified atom stereocenters. The summed E-state index contributed by atoms with van der Waals surface area (Å²) in [6.45, 7) is 1.94. The summed E-state index contributed by atoms with van der Waals surface area (Å²) >= 11 is 6.93. The number of aryl methyl sites for hydroxylation is 1. The van der Waals surface area contributed by atoms with E-state index in [4.69, 9.17) is 11.6 Å². The van der Waals surface area contributed by atoms with Crippen LogP contribution in [0.15, 0.2) is 18.3 Å². The number of nitrogens with zero attached hydrogens (tertiary/aromatic N) is 3. The van der Waals surface area contributed by atoms with Gasteiger partial charge in [0.1, 0.15) is 5.69 Å². The van der Waals surface area contributed by atoms with Crippen molar-refractivity contribution in [2.24, 2.45) is 0 Å². The Balaban J connectivity index is 2.47. The monoisotopic (exact) mass is 211 g/mol. The zero-order valence-corrected chi connectivity index (χ0v) is 8.43. The summed E-state index contributed by atoms with van der Waals surface area (Å²) < 4.78 is 7.96. The van der Waals surface area contributed by atoms with Gasteiger partial charge in [0.15, 0.2) is 5.15 Å². The SMILES string of the molecule is Cc1ccc(-c2nsnc2Cl)cn1. The highest BCUT2D eigenvalue weighted by Crippen LogP contribution is 2.24. The topological polar surface area (TPSA) is 38.7 Å². The number of pyridine rings is 1. The molecule has 0 amide bonds. The maximum atomic E-state index is 5.82. The summed E-state index contributed by atoms with van der Waals surface area (Å²) in [6, 6.07) is 3.86. The van der Waals surface area contributed by atoms with Crippen molar-refractivity contribution >= 4 is 23.3 Å². The Bertz CT molecular complexity index is 410. The Morgan fingerprint density at radius 3 is 2.69 bits per heavy atom. The van der Waals surface area contributed by atoms with Crippen molar-refractivity contribution < 1.29 is 0 Å². The largest absolute Gasteiger partial charge is 0.261 e. The third-order valence-corrected chi connectivity index (χ3v) is 2.53. The molecule has 13 heavy (non-hydrogen) atoms. The molecule has 0 aliphatic carbocycles. The Hall–Kier alpha value is -1.00. The summed E-state index contributed by atoms with van der Waals surface area (Å²) in [5.74, 6) is 0. The van der Waals surface area contributed by atoms with E-state index in [9.17, 15) is 0 Å². The van der Waals surface area contributed by atoms with Crippen molar-refractivity contribution in [1.82, 2.24) is 13.7 Å². The van der Waals surface area contributed by atoms with Gasteiger partial charge in [-0.1, -0.05) is 11.6 Å². The number of halogens is 1. The normalized spacial score (nSPS) is 10.3. The fraction of sp³-hybridized carbons (Fsp3) is 0.125. The highest BCUT2D eigenvalue weighted by atomic mass is 35.5. The van der Waals surface area contributed by atoms with E-state index in [0.29, 0.717) is 10.8 Å². The first-order chi connectivity index (χ1) is 6.27. The van der Waals surface area contributed by atoms with Crippen LogP contribution >= 0.6 is 23.3 Å². The molecule has 5 heteroatoms. The first-order valence-electron chi connectivity index (χ1n) is 3.68. The summed E-state index contributed by atoms with van der Waals surface area (Å²) in [4.78, 5) is 4.15.